The molecule has 0 heteroatoms. The largest absolute Gasteiger partial charge is 0.0622 e. The molecule has 8 aromatic carbocycles. The zero-order valence-electron chi connectivity index (χ0n) is 22.0. The van der Waals surface area contributed by atoms with Crippen LogP contribution >= 0.6 is 0 Å². The predicted octanol–water partition coefficient (Wildman–Crippen LogP) is 11.3. The van der Waals surface area contributed by atoms with Gasteiger partial charge in [0.15, 0.2) is 0 Å². The third kappa shape index (κ3) is 3.47. The van der Waals surface area contributed by atoms with Crippen LogP contribution in [0.25, 0.3) is 76.5 Å². The molecule has 0 N–H and O–H groups in total. The zero-order valence-corrected chi connectivity index (χ0v) is 22.0. The van der Waals surface area contributed by atoms with E-state index < -0.39 is 0 Å². The number of hydrogen-bond donors (Lipinski definition) is 0. The molecule has 0 saturated heterocycles. The molecular formula is C40H26. The van der Waals surface area contributed by atoms with Gasteiger partial charge in [0.1, 0.15) is 0 Å². The van der Waals surface area contributed by atoms with E-state index in [9.17, 15) is 0 Å². The maximum absolute atomic E-state index is 2.33. The van der Waals surface area contributed by atoms with Crippen molar-refractivity contribution < 1.29 is 0 Å². The second-order valence-electron chi connectivity index (χ2n) is 10.4. The smallest absolute Gasteiger partial charge is 0.00201 e. The third-order valence-corrected chi connectivity index (χ3v) is 8.27. The Balaban J connectivity index is 1.48. The van der Waals surface area contributed by atoms with Crippen molar-refractivity contribution >= 4 is 43.1 Å². The molecule has 8 aromatic rings. The van der Waals surface area contributed by atoms with E-state index in [-0.39, 0.29) is 0 Å². The molecule has 0 nitrogen and oxygen atoms in total. The summed E-state index contributed by atoms with van der Waals surface area (Å²) >= 11 is 0. The minimum atomic E-state index is 1.25. The number of fused-ring (bicyclic) bond motifs is 5. The molecule has 0 aromatic heterocycles. The maximum Gasteiger partial charge on any atom is -0.00201 e. The Morgan fingerprint density at radius 1 is 0.200 bits per heavy atom. The van der Waals surface area contributed by atoms with Gasteiger partial charge in [-0.3, -0.25) is 0 Å². The molecule has 40 heavy (non-hydrogen) atoms. The molecule has 8 rings (SSSR count). The number of hydrogen-bond acceptors (Lipinski definition) is 0. The van der Waals surface area contributed by atoms with Crippen LogP contribution in [-0.4, -0.2) is 0 Å². The van der Waals surface area contributed by atoms with E-state index in [1.165, 1.54) is 76.5 Å². The van der Waals surface area contributed by atoms with Crippen LogP contribution in [-0.2, 0) is 0 Å². The summed E-state index contributed by atoms with van der Waals surface area (Å²) in [5.41, 5.74) is 7.64. The first-order valence-electron chi connectivity index (χ1n) is 13.9. The Hall–Kier alpha value is -5.20. The van der Waals surface area contributed by atoms with Gasteiger partial charge in [-0.15, -0.1) is 0 Å². The zero-order chi connectivity index (χ0) is 26.5. The van der Waals surface area contributed by atoms with Crippen LogP contribution < -0.4 is 0 Å². The summed E-state index contributed by atoms with van der Waals surface area (Å²) < 4.78 is 0. The van der Waals surface area contributed by atoms with E-state index in [2.05, 4.69) is 158 Å². The summed E-state index contributed by atoms with van der Waals surface area (Å²) in [6.07, 6.45) is 0. The molecule has 0 bridgehead atoms. The Kier molecular flexibility index (Phi) is 5.24. The number of benzene rings is 8. The SMILES string of the molecule is c1ccc(-c2c3ccccc3c(-c3cccc4c3ccc3c(-c5ccccc5)cccc34)c3ccccc23)cc1. The van der Waals surface area contributed by atoms with Crippen LogP contribution in [0.4, 0.5) is 0 Å². The van der Waals surface area contributed by atoms with Crippen LogP contribution in [0, 0.1) is 0 Å². The van der Waals surface area contributed by atoms with Crippen molar-refractivity contribution in [2.75, 3.05) is 0 Å². The van der Waals surface area contributed by atoms with E-state index in [1.54, 1.807) is 0 Å². The van der Waals surface area contributed by atoms with Gasteiger partial charge in [-0.05, 0) is 76.5 Å². The molecule has 0 radical (unpaired) electrons. The molecule has 0 aliphatic heterocycles. The van der Waals surface area contributed by atoms with Gasteiger partial charge in [0.05, 0.1) is 0 Å². The van der Waals surface area contributed by atoms with Gasteiger partial charge < -0.3 is 0 Å². The first kappa shape index (κ1) is 22.8. The lowest BCUT2D eigenvalue weighted by molar-refractivity contribution is 1.65. The maximum atomic E-state index is 2.33. The Morgan fingerprint density at radius 2 is 0.600 bits per heavy atom. The highest BCUT2D eigenvalue weighted by atomic mass is 14.2. The summed E-state index contributed by atoms with van der Waals surface area (Å²) in [5, 5.41) is 10.3. The van der Waals surface area contributed by atoms with Crippen LogP contribution in [0.5, 0.6) is 0 Å². The minimum absolute atomic E-state index is 1.25. The van der Waals surface area contributed by atoms with Gasteiger partial charge in [0.25, 0.3) is 0 Å². The Bertz CT molecular complexity index is 2130. The molecule has 0 spiro atoms. The fourth-order valence-electron chi connectivity index (χ4n) is 6.55. The summed E-state index contributed by atoms with van der Waals surface area (Å²) in [6, 6.07) is 57.4. The lowest BCUT2D eigenvalue weighted by atomic mass is 9.84. The fourth-order valence-corrected chi connectivity index (χ4v) is 6.55. The van der Waals surface area contributed by atoms with Crippen molar-refractivity contribution in [3.63, 3.8) is 0 Å². The molecule has 0 heterocycles. The van der Waals surface area contributed by atoms with Crippen molar-refractivity contribution in [2.24, 2.45) is 0 Å². The molecule has 0 aliphatic rings. The average Bonchev–Trinajstić information content (AvgIpc) is 3.04. The van der Waals surface area contributed by atoms with E-state index >= 15 is 0 Å². The molecule has 0 amide bonds. The standard InChI is InChI=1S/C40H26/c1-3-13-27(14-4-1)29-21-11-22-30-31-23-12-24-34(33(31)26-25-32(29)30)40-37-19-9-7-17-35(37)39(28-15-5-2-6-16-28)36-18-8-10-20-38(36)40/h1-26H. The van der Waals surface area contributed by atoms with Gasteiger partial charge in [-0.1, -0.05) is 158 Å². The summed E-state index contributed by atoms with van der Waals surface area (Å²) in [6.45, 7) is 0. The highest BCUT2D eigenvalue weighted by Crippen LogP contribution is 2.46. The lowest BCUT2D eigenvalue weighted by Gasteiger charge is -2.19. The van der Waals surface area contributed by atoms with E-state index in [4.69, 9.17) is 0 Å². The van der Waals surface area contributed by atoms with E-state index in [0.29, 0.717) is 0 Å². The predicted molar refractivity (Wildman–Crippen MR) is 173 cm³/mol. The molecule has 186 valence electrons. The monoisotopic (exact) mass is 506 g/mol. The van der Waals surface area contributed by atoms with Crippen LogP contribution in [0.3, 0.4) is 0 Å². The van der Waals surface area contributed by atoms with Crippen molar-refractivity contribution in [3.05, 3.63) is 158 Å². The highest BCUT2D eigenvalue weighted by Gasteiger charge is 2.18. The lowest BCUT2D eigenvalue weighted by Crippen LogP contribution is -1.92. The molecule has 0 fully saturated rings. The normalized spacial score (nSPS) is 11.5. The first-order chi connectivity index (χ1) is 19.9. The van der Waals surface area contributed by atoms with Crippen molar-refractivity contribution in [1.82, 2.24) is 0 Å². The van der Waals surface area contributed by atoms with Gasteiger partial charge in [0.2, 0.25) is 0 Å². The van der Waals surface area contributed by atoms with Gasteiger partial charge in [-0.25, -0.2) is 0 Å². The second-order valence-corrected chi connectivity index (χ2v) is 10.4. The molecule has 0 aliphatic carbocycles. The Labute approximate surface area is 233 Å². The summed E-state index contributed by atoms with van der Waals surface area (Å²) in [4.78, 5) is 0. The van der Waals surface area contributed by atoms with Crippen LogP contribution in [0.1, 0.15) is 0 Å². The molecule has 0 unspecified atom stereocenters. The summed E-state index contributed by atoms with van der Waals surface area (Å²) in [5.74, 6) is 0. The van der Waals surface area contributed by atoms with Crippen molar-refractivity contribution in [3.8, 4) is 33.4 Å². The van der Waals surface area contributed by atoms with E-state index in [0.717, 1.165) is 0 Å². The third-order valence-electron chi connectivity index (χ3n) is 8.27. The van der Waals surface area contributed by atoms with Gasteiger partial charge >= 0.3 is 0 Å². The Morgan fingerprint density at radius 3 is 1.15 bits per heavy atom. The van der Waals surface area contributed by atoms with Gasteiger partial charge in [-0.2, -0.15) is 0 Å². The quantitative estimate of drug-likeness (QED) is 0.165. The average molecular weight is 507 g/mol. The van der Waals surface area contributed by atoms with Crippen LogP contribution in [0.2, 0.25) is 0 Å². The number of rotatable bonds is 3. The van der Waals surface area contributed by atoms with Gasteiger partial charge in [0, 0.05) is 0 Å². The molecular weight excluding hydrogens is 480 g/mol. The fraction of sp³-hybridized carbons (Fsp3) is 0. The van der Waals surface area contributed by atoms with Crippen molar-refractivity contribution in [2.45, 2.75) is 0 Å². The van der Waals surface area contributed by atoms with E-state index in [1.807, 2.05) is 0 Å². The first-order valence-corrected chi connectivity index (χ1v) is 13.9. The van der Waals surface area contributed by atoms with Crippen LogP contribution in [0.15, 0.2) is 158 Å². The molecule has 0 saturated carbocycles. The second kappa shape index (κ2) is 9.22. The summed E-state index contributed by atoms with van der Waals surface area (Å²) in [7, 11) is 0. The van der Waals surface area contributed by atoms with Crippen molar-refractivity contribution in [1.29, 1.82) is 0 Å². The topological polar surface area (TPSA) is 0 Å². The highest BCUT2D eigenvalue weighted by molar-refractivity contribution is 6.25. The minimum Gasteiger partial charge on any atom is -0.0622 e. The molecule has 0 atom stereocenters.